The number of carbonyl (C=O) groups is 1. The van der Waals surface area contributed by atoms with Crippen LogP contribution >= 0.6 is 23.4 Å². The summed E-state index contributed by atoms with van der Waals surface area (Å²) >= 11 is 8.15. The van der Waals surface area contributed by atoms with Crippen molar-refractivity contribution in [2.75, 3.05) is 31.2 Å². The van der Waals surface area contributed by atoms with Crippen LogP contribution < -0.4 is 4.90 Å². The number of hydrogen-bond donors (Lipinski definition) is 0. The number of ether oxygens (including phenoxy) is 1. The number of anilines is 1. The molecule has 0 aromatic heterocycles. The Morgan fingerprint density at radius 1 is 1.17 bits per heavy atom. The number of hydrogen-bond acceptors (Lipinski definition) is 5. The van der Waals surface area contributed by atoms with Crippen LogP contribution in [0.1, 0.15) is 45.7 Å². The highest BCUT2D eigenvalue weighted by atomic mass is 35.5. The zero-order valence-electron chi connectivity index (χ0n) is 21.0. The fourth-order valence-electron chi connectivity index (χ4n) is 4.65. The molecule has 0 spiro atoms. The van der Waals surface area contributed by atoms with Crippen molar-refractivity contribution < 1.29 is 9.53 Å². The van der Waals surface area contributed by atoms with E-state index in [0.717, 1.165) is 29.0 Å². The van der Waals surface area contributed by atoms with Gasteiger partial charge in [-0.1, -0.05) is 35.9 Å². The van der Waals surface area contributed by atoms with E-state index in [-0.39, 0.29) is 11.4 Å². The van der Waals surface area contributed by atoms with E-state index >= 15 is 0 Å². The summed E-state index contributed by atoms with van der Waals surface area (Å²) in [5.74, 6) is -0.0817. The van der Waals surface area contributed by atoms with Gasteiger partial charge >= 0.3 is 0 Å². The number of allylic oxidation sites excluding steroid dienone is 1. The first kappa shape index (κ1) is 25.5. The number of amidine groups is 1. The molecular weight excluding hydrogens is 478 g/mol. The van der Waals surface area contributed by atoms with Crippen LogP contribution in [0.3, 0.4) is 0 Å². The van der Waals surface area contributed by atoms with E-state index in [1.54, 1.807) is 4.90 Å². The third kappa shape index (κ3) is 5.35. The molecule has 0 bridgehead atoms. The first-order chi connectivity index (χ1) is 16.7. The summed E-state index contributed by atoms with van der Waals surface area (Å²) < 4.78 is 5.52. The number of fused-ring (bicyclic) bond motifs is 1. The largest absolute Gasteiger partial charge is 0.380 e. The maximum Gasteiger partial charge on any atom is 0.266 e. The highest BCUT2D eigenvalue weighted by Gasteiger charge is 2.34. The standard InChI is InChI=1S/C28H32ClN3O2S/c1-6-32-24-17-23(29)20(15-22(24)19(3)18-28(32,4)5)16-25-26(33)31(13-14-34-7-2)27(35-25)30-21-11-9-8-10-12-21/h8-12,15-18H,6-7,13-14H2,1-5H3/b25-16+,30-27?. The molecule has 0 aliphatic carbocycles. The summed E-state index contributed by atoms with van der Waals surface area (Å²) in [6, 6.07) is 13.8. The minimum Gasteiger partial charge on any atom is -0.380 e. The van der Waals surface area contributed by atoms with E-state index < -0.39 is 0 Å². The number of para-hydroxylation sites is 1. The van der Waals surface area contributed by atoms with Crippen molar-refractivity contribution in [3.8, 4) is 0 Å². The normalized spacial score (nSPS) is 19.5. The molecule has 1 fully saturated rings. The Kier molecular flexibility index (Phi) is 7.74. The number of thioether (sulfide) groups is 1. The number of halogens is 1. The van der Waals surface area contributed by atoms with Crippen molar-refractivity contribution in [3.63, 3.8) is 0 Å². The topological polar surface area (TPSA) is 45.1 Å². The maximum absolute atomic E-state index is 13.4. The second-order valence-electron chi connectivity index (χ2n) is 9.11. The fraction of sp³-hybridized carbons (Fsp3) is 0.357. The van der Waals surface area contributed by atoms with Gasteiger partial charge in [0.25, 0.3) is 5.91 Å². The van der Waals surface area contributed by atoms with Crippen molar-refractivity contribution in [1.29, 1.82) is 0 Å². The smallest absolute Gasteiger partial charge is 0.266 e. The van der Waals surface area contributed by atoms with Crippen LogP contribution in [-0.2, 0) is 9.53 Å². The molecule has 1 saturated heterocycles. The maximum atomic E-state index is 13.4. The Bertz CT molecular complexity index is 1200. The molecule has 184 valence electrons. The number of aliphatic imine (C=N–C) groups is 1. The van der Waals surface area contributed by atoms with Gasteiger partial charge in [0.05, 0.1) is 29.3 Å². The molecule has 2 aliphatic heterocycles. The lowest BCUT2D eigenvalue weighted by Crippen LogP contribution is -2.44. The molecule has 0 saturated carbocycles. The molecule has 4 rings (SSSR count). The zero-order valence-corrected chi connectivity index (χ0v) is 22.5. The van der Waals surface area contributed by atoms with Crippen molar-refractivity contribution in [2.24, 2.45) is 4.99 Å². The third-order valence-corrected chi connectivity index (χ3v) is 7.57. The average molecular weight is 510 g/mol. The van der Waals surface area contributed by atoms with Gasteiger partial charge in [-0.3, -0.25) is 9.69 Å². The van der Waals surface area contributed by atoms with Crippen LogP contribution in [0.15, 0.2) is 58.4 Å². The van der Waals surface area contributed by atoms with Crippen LogP contribution in [-0.4, -0.2) is 47.8 Å². The van der Waals surface area contributed by atoms with Crippen LogP contribution in [0.25, 0.3) is 11.6 Å². The Hall–Kier alpha value is -2.54. The predicted octanol–water partition coefficient (Wildman–Crippen LogP) is 7.00. The molecule has 2 aliphatic rings. The third-order valence-electron chi connectivity index (χ3n) is 6.23. The molecule has 2 aromatic carbocycles. The molecule has 0 unspecified atom stereocenters. The quantitative estimate of drug-likeness (QED) is 0.297. The van der Waals surface area contributed by atoms with E-state index in [2.05, 4.69) is 44.7 Å². The van der Waals surface area contributed by atoms with Gasteiger partial charge in [0.2, 0.25) is 0 Å². The van der Waals surface area contributed by atoms with Gasteiger partial charge in [-0.05, 0) is 87.9 Å². The van der Waals surface area contributed by atoms with E-state index in [0.29, 0.717) is 34.9 Å². The predicted molar refractivity (Wildman–Crippen MR) is 150 cm³/mol. The Balaban J connectivity index is 1.72. The Morgan fingerprint density at radius 3 is 2.60 bits per heavy atom. The summed E-state index contributed by atoms with van der Waals surface area (Å²) in [4.78, 5) is 22.8. The molecule has 35 heavy (non-hydrogen) atoms. The van der Waals surface area contributed by atoms with Gasteiger partial charge in [0, 0.05) is 29.4 Å². The van der Waals surface area contributed by atoms with Gasteiger partial charge in [0.1, 0.15) is 0 Å². The van der Waals surface area contributed by atoms with Gasteiger partial charge in [0.15, 0.2) is 5.17 Å². The number of rotatable bonds is 7. The number of likely N-dealkylation sites (N-methyl/N-ethyl adjacent to an activating group) is 1. The van der Waals surface area contributed by atoms with Crippen LogP contribution in [0.4, 0.5) is 11.4 Å². The minimum absolute atomic E-state index is 0.0817. The Morgan fingerprint density at radius 2 is 1.91 bits per heavy atom. The number of nitrogens with zero attached hydrogens (tertiary/aromatic N) is 3. The monoisotopic (exact) mass is 509 g/mol. The van der Waals surface area contributed by atoms with Gasteiger partial charge in [-0.2, -0.15) is 0 Å². The number of amides is 1. The summed E-state index contributed by atoms with van der Waals surface area (Å²) in [7, 11) is 0. The minimum atomic E-state index is -0.0870. The SMILES string of the molecule is CCOCCN1C(=O)/C(=C\c2cc3c(cc2Cl)N(CC)C(C)(C)C=C3C)SC1=Nc1ccccc1. The second-order valence-corrected chi connectivity index (χ2v) is 10.5. The van der Waals surface area contributed by atoms with E-state index in [4.69, 9.17) is 21.3 Å². The molecule has 2 aromatic rings. The number of benzene rings is 2. The van der Waals surface area contributed by atoms with Gasteiger partial charge in [-0.25, -0.2) is 4.99 Å². The highest BCUT2D eigenvalue weighted by molar-refractivity contribution is 8.18. The lowest BCUT2D eigenvalue weighted by atomic mass is 9.88. The molecule has 2 heterocycles. The molecule has 1 amide bonds. The van der Waals surface area contributed by atoms with Crippen molar-refractivity contribution in [1.82, 2.24) is 4.90 Å². The lowest BCUT2D eigenvalue weighted by Gasteiger charge is -2.43. The fourth-order valence-corrected chi connectivity index (χ4v) is 5.87. The second kappa shape index (κ2) is 10.6. The van der Waals surface area contributed by atoms with E-state index in [1.807, 2.05) is 49.4 Å². The Labute approximate surface area is 217 Å². The summed E-state index contributed by atoms with van der Waals surface area (Å²) in [5.41, 5.74) is 5.02. The van der Waals surface area contributed by atoms with Crippen LogP contribution in [0.5, 0.6) is 0 Å². The van der Waals surface area contributed by atoms with Crippen LogP contribution in [0.2, 0.25) is 5.02 Å². The first-order valence-electron chi connectivity index (χ1n) is 12.0. The molecule has 0 atom stereocenters. The molecule has 5 nitrogen and oxygen atoms in total. The molecule has 0 radical (unpaired) electrons. The summed E-state index contributed by atoms with van der Waals surface area (Å²) in [5, 5.41) is 1.28. The molecular formula is C28H32ClN3O2S. The summed E-state index contributed by atoms with van der Waals surface area (Å²) in [6.45, 7) is 13.0. The highest BCUT2D eigenvalue weighted by Crippen LogP contribution is 2.42. The average Bonchev–Trinajstić information content (AvgIpc) is 3.09. The zero-order chi connectivity index (χ0) is 25.2. The lowest BCUT2D eigenvalue weighted by molar-refractivity contribution is -0.122. The van der Waals surface area contributed by atoms with Crippen molar-refractivity contribution >= 4 is 57.5 Å². The van der Waals surface area contributed by atoms with Crippen LogP contribution in [0, 0.1) is 0 Å². The molecule has 7 heteroatoms. The first-order valence-corrected chi connectivity index (χ1v) is 13.2. The number of carbonyl (C=O) groups excluding carboxylic acids is 1. The molecule has 0 N–H and O–H groups in total. The van der Waals surface area contributed by atoms with E-state index in [9.17, 15) is 4.79 Å². The van der Waals surface area contributed by atoms with E-state index in [1.165, 1.54) is 17.3 Å². The summed E-state index contributed by atoms with van der Waals surface area (Å²) in [6.07, 6.45) is 4.18. The van der Waals surface area contributed by atoms with Gasteiger partial charge in [-0.15, -0.1) is 0 Å². The van der Waals surface area contributed by atoms with Gasteiger partial charge < -0.3 is 9.64 Å². The van der Waals surface area contributed by atoms with Crippen molar-refractivity contribution in [3.05, 3.63) is 69.6 Å². The van der Waals surface area contributed by atoms with Crippen molar-refractivity contribution in [2.45, 2.75) is 40.2 Å².